The van der Waals surface area contributed by atoms with E-state index in [1.807, 2.05) is 0 Å². The normalized spacial score (nSPS) is 21.3. The van der Waals surface area contributed by atoms with Crippen molar-refractivity contribution in [2.24, 2.45) is 0 Å². The number of hydrogen-bond acceptors (Lipinski definition) is 6. The average Bonchev–Trinajstić information content (AvgIpc) is 2.89. The van der Waals surface area contributed by atoms with E-state index in [1.165, 1.54) is 11.6 Å². The van der Waals surface area contributed by atoms with Crippen molar-refractivity contribution in [1.82, 2.24) is 14.6 Å². The highest BCUT2D eigenvalue weighted by molar-refractivity contribution is 7.91. The van der Waals surface area contributed by atoms with Crippen LogP contribution in [-0.4, -0.2) is 47.6 Å². The monoisotopic (exact) mass is 309 g/mol. The molecule has 0 radical (unpaired) electrons. The number of hydrogen-bond donors (Lipinski definition) is 0. The molecule has 0 bridgehead atoms. The summed E-state index contributed by atoms with van der Waals surface area (Å²) in [6.45, 7) is 0. The van der Waals surface area contributed by atoms with Crippen molar-refractivity contribution in [2.45, 2.75) is 18.8 Å². The molecule has 0 aromatic carbocycles. The number of carbonyl (C=O) groups is 1. The van der Waals surface area contributed by atoms with Crippen LogP contribution in [0.15, 0.2) is 18.3 Å². The lowest BCUT2D eigenvalue weighted by molar-refractivity contribution is 0.0602. The van der Waals surface area contributed by atoms with Gasteiger partial charge in [-0.3, -0.25) is 0 Å². The number of rotatable bonds is 2. The van der Waals surface area contributed by atoms with Crippen LogP contribution in [-0.2, 0) is 14.6 Å². The highest BCUT2D eigenvalue weighted by atomic mass is 32.2. The van der Waals surface area contributed by atoms with Crippen LogP contribution in [0.25, 0.3) is 5.65 Å². The van der Waals surface area contributed by atoms with Crippen molar-refractivity contribution in [1.29, 1.82) is 0 Å². The molecule has 1 saturated heterocycles. The summed E-state index contributed by atoms with van der Waals surface area (Å²) in [7, 11) is -1.73. The number of sulfone groups is 1. The van der Waals surface area contributed by atoms with E-state index in [9.17, 15) is 13.2 Å². The number of methoxy groups -OCH3 is 1. The molecule has 0 N–H and O–H groups in total. The topological polar surface area (TPSA) is 90.6 Å². The summed E-state index contributed by atoms with van der Waals surface area (Å²) in [6.07, 6.45) is 3.03. The van der Waals surface area contributed by atoms with Gasteiger partial charge >= 0.3 is 5.97 Å². The van der Waals surface area contributed by atoms with Gasteiger partial charge in [0.1, 0.15) is 5.56 Å². The molecule has 112 valence electrons. The van der Waals surface area contributed by atoms with Gasteiger partial charge in [0.05, 0.1) is 18.6 Å². The Balaban J connectivity index is 2.03. The van der Waals surface area contributed by atoms with E-state index in [-0.39, 0.29) is 17.4 Å². The maximum Gasteiger partial charge on any atom is 0.341 e. The first-order valence-electron chi connectivity index (χ1n) is 6.64. The van der Waals surface area contributed by atoms with Gasteiger partial charge in [-0.25, -0.2) is 22.7 Å². The maximum absolute atomic E-state index is 11.7. The molecule has 8 heteroatoms. The van der Waals surface area contributed by atoms with Crippen LogP contribution in [0.4, 0.5) is 0 Å². The summed E-state index contributed by atoms with van der Waals surface area (Å²) in [5.74, 6) is 0.0569. The highest BCUT2D eigenvalue weighted by Gasteiger charge is 2.29. The molecule has 2 aromatic rings. The molecule has 0 aliphatic carbocycles. The number of aromatic nitrogens is 3. The second kappa shape index (κ2) is 5.10. The van der Waals surface area contributed by atoms with Gasteiger partial charge in [-0.05, 0) is 25.0 Å². The number of esters is 1. The molecular weight excluding hydrogens is 294 g/mol. The zero-order chi connectivity index (χ0) is 15.0. The fourth-order valence-corrected chi connectivity index (χ4v) is 4.29. The second-order valence-corrected chi connectivity index (χ2v) is 7.33. The predicted molar refractivity (Wildman–Crippen MR) is 75.0 cm³/mol. The quantitative estimate of drug-likeness (QED) is 0.762. The van der Waals surface area contributed by atoms with E-state index in [0.717, 1.165) is 6.42 Å². The third kappa shape index (κ3) is 2.63. The summed E-state index contributed by atoms with van der Waals surface area (Å²) in [4.78, 5) is 16.1. The molecule has 0 spiro atoms. The van der Waals surface area contributed by atoms with E-state index in [1.54, 1.807) is 18.3 Å². The smallest absolute Gasteiger partial charge is 0.341 e. The predicted octanol–water partition coefficient (Wildman–Crippen LogP) is 0.808. The summed E-state index contributed by atoms with van der Waals surface area (Å²) >= 11 is 0. The fraction of sp³-hybridized carbons (Fsp3) is 0.462. The number of carbonyl (C=O) groups excluding carboxylic acids is 1. The summed E-state index contributed by atoms with van der Waals surface area (Å²) in [5, 5.41) is 4.31. The number of pyridine rings is 1. The number of fused-ring (bicyclic) bond motifs is 1. The molecule has 2 aromatic heterocycles. The van der Waals surface area contributed by atoms with Crippen molar-refractivity contribution < 1.29 is 17.9 Å². The molecule has 1 fully saturated rings. The van der Waals surface area contributed by atoms with Crippen molar-refractivity contribution in [3.8, 4) is 0 Å². The molecular formula is C13H15N3O4S. The van der Waals surface area contributed by atoms with Gasteiger partial charge in [-0.1, -0.05) is 0 Å². The van der Waals surface area contributed by atoms with E-state index in [2.05, 4.69) is 10.1 Å². The first-order valence-corrected chi connectivity index (χ1v) is 8.46. The molecule has 1 aliphatic rings. The Morgan fingerprint density at radius 2 is 2.29 bits per heavy atom. The zero-order valence-electron chi connectivity index (χ0n) is 11.5. The lowest BCUT2D eigenvalue weighted by Gasteiger charge is -2.18. The molecule has 1 aliphatic heterocycles. The Hall–Kier alpha value is -1.96. The highest BCUT2D eigenvalue weighted by Crippen LogP contribution is 2.26. The van der Waals surface area contributed by atoms with Gasteiger partial charge in [-0.15, -0.1) is 0 Å². The average molecular weight is 309 g/mol. The van der Waals surface area contributed by atoms with Crippen molar-refractivity contribution in [3.63, 3.8) is 0 Å². The maximum atomic E-state index is 11.7. The first-order chi connectivity index (χ1) is 10.00. The lowest BCUT2D eigenvalue weighted by Crippen LogP contribution is -2.24. The van der Waals surface area contributed by atoms with Crippen LogP contribution in [0.2, 0.25) is 0 Å². The van der Waals surface area contributed by atoms with Crippen molar-refractivity contribution in [2.75, 3.05) is 18.6 Å². The van der Waals surface area contributed by atoms with Gasteiger partial charge in [0, 0.05) is 12.1 Å². The summed E-state index contributed by atoms with van der Waals surface area (Å²) in [6, 6.07) is 3.28. The minimum absolute atomic E-state index is 0.0669. The SMILES string of the molecule is COC(=O)c1cccn2nc(C3CCCS(=O)(=O)C3)nc12. The van der Waals surface area contributed by atoms with Crippen LogP contribution in [0.5, 0.6) is 0 Å². The Bertz CT molecular complexity index is 797. The van der Waals surface area contributed by atoms with E-state index >= 15 is 0 Å². The van der Waals surface area contributed by atoms with Crippen LogP contribution in [0.1, 0.15) is 34.9 Å². The molecule has 0 amide bonds. The zero-order valence-corrected chi connectivity index (χ0v) is 12.3. The number of nitrogens with zero attached hydrogens (tertiary/aromatic N) is 3. The Kier molecular flexibility index (Phi) is 3.40. The largest absolute Gasteiger partial charge is 0.465 e. The number of ether oxygens (including phenoxy) is 1. The van der Waals surface area contributed by atoms with Crippen molar-refractivity contribution >= 4 is 21.5 Å². The molecule has 0 saturated carbocycles. The molecule has 21 heavy (non-hydrogen) atoms. The Labute approximate surface area is 121 Å². The standard InChI is InChI=1S/C13H15N3O4S/c1-20-13(17)10-5-2-6-16-12(10)14-11(15-16)9-4-3-7-21(18,19)8-9/h2,5-6,9H,3-4,7-8H2,1H3. The van der Waals surface area contributed by atoms with Crippen LogP contribution >= 0.6 is 0 Å². The third-order valence-corrected chi connectivity index (χ3v) is 5.43. The molecule has 3 heterocycles. The van der Waals surface area contributed by atoms with Crippen LogP contribution in [0, 0.1) is 0 Å². The fourth-order valence-electron chi connectivity index (χ4n) is 2.59. The van der Waals surface area contributed by atoms with Gasteiger partial charge in [-0.2, -0.15) is 5.10 Å². The van der Waals surface area contributed by atoms with Gasteiger partial charge in [0.15, 0.2) is 21.3 Å². The van der Waals surface area contributed by atoms with Crippen molar-refractivity contribution in [3.05, 3.63) is 29.7 Å². The second-order valence-electron chi connectivity index (χ2n) is 5.11. The third-order valence-electron chi connectivity index (χ3n) is 3.61. The molecule has 1 unspecified atom stereocenters. The minimum atomic E-state index is -3.03. The van der Waals surface area contributed by atoms with Gasteiger partial charge < -0.3 is 4.74 Å². The van der Waals surface area contributed by atoms with Gasteiger partial charge in [0.2, 0.25) is 0 Å². The van der Waals surface area contributed by atoms with E-state index < -0.39 is 15.8 Å². The summed E-state index contributed by atoms with van der Waals surface area (Å²) in [5.41, 5.74) is 0.708. The summed E-state index contributed by atoms with van der Waals surface area (Å²) < 4.78 is 29.7. The lowest BCUT2D eigenvalue weighted by atomic mass is 10.1. The molecule has 1 atom stereocenters. The van der Waals surface area contributed by atoms with Crippen LogP contribution < -0.4 is 0 Å². The first kappa shape index (κ1) is 14.0. The molecule has 7 nitrogen and oxygen atoms in total. The van der Waals surface area contributed by atoms with E-state index in [4.69, 9.17) is 4.74 Å². The Morgan fingerprint density at radius 3 is 3.00 bits per heavy atom. The minimum Gasteiger partial charge on any atom is -0.465 e. The Morgan fingerprint density at radius 1 is 1.48 bits per heavy atom. The van der Waals surface area contributed by atoms with E-state index in [0.29, 0.717) is 23.5 Å². The van der Waals surface area contributed by atoms with Gasteiger partial charge in [0.25, 0.3) is 0 Å². The van der Waals surface area contributed by atoms with Crippen LogP contribution in [0.3, 0.4) is 0 Å². The molecule has 3 rings (SSSR count).